The molecular weight excluding hydrogens is 342 g/mol. The van der Waals surface area contributed by atoms with Gasteiger partial charge in [-0.05, 0) is 52.9 Å². The normalized spacial score (nSPS) is 15.1. The lowest BCUT2D eigenvalue weighted by Gasteiger charge is -2.18. The van der Waals surface area contributed by atoms with Crippen LogP contribution in [0, 0.1) is 5.92 Å². The highest BCUT2D eigenvalue weighted by atomic mass is 79.9. The topological polar surface area (TPSA) is 66.4 Å². The lowest BCUT2D eigenvalue weighted by Crippen LogP contribution is -2.34. The van der Waals surface area contributed by atoms with Crippen molar-refractivity contribution in [2.24, 2.45) is 5.92 Å². The molecule has 0 fully saturated rings. The molecule has 114 valence electrons. The Morgan fingerprint density at radius 2 is 2.00 bits per heavy atom. The molecule has 4 nitrogen and oxygen atoms in total. The fourth-order valence-corrected chi connectivity index (χ4v) is 4.39. The van der Waals surface area contributed by atoms with Crippen LogP contribution in [-0.4, -0.2) is 19.6 Å². The zero-order valence-corrected chi connectivity index (χ0v) is 14.5. The van der Waals surface area contributed by atoms with Crippen LogP contribution in [0.25, 0.3) is 0 Å². The standard InChI is InChI=1S/C14H22BrNO3S/c1-4-10(2)7-11(3)16-20(18,19)14-6-5-12(9-17)8-13(14)15/h5-6,8,10-11,16-17H,4,7,9H2,1-3H3. The van der Waals surface area contributed by atoms with Crippen LogP contribution in [0.1, 0.15) is 39.2 Å². The average molecular weight is 364 g/mol. The third-order valence-corrected chi connectivity index (χ3v) is 5.84. The van der Waals surface area contributed by atoms with E-state index in [0.717, 1.165) is 12.8 Å². The number of sulfonamides is 1. The van der Waals surface area contributed by atoms with Crippen LogP contribution >= 0.6 is 15.9 Å². The van der Waals surface area contributed by atoms with E-state index in [9.17, 15) is 8.42 Å². The van der Waals surface area contributed by atoms with Gasteiger partial charge in [-0.3, -0.25) is 0 Å². The Labute approximate surface area is 129 Å². The molecule has 0 heterocycles. The Hall–Kier alpha value is -0.430. The van der Waals surface area contributed by atoms with Crippen molar-refractivity contribution in [1.29, 1.82) is 0 Å². The van der Waals surface area contributed by atoms with E-state index in [0.29, 0.717) is 16.0 Å². The molecule has 1 aromatic carbocycles. The lowest BCUT2D eigenvalue weighted by atomic mass is 10.0. The molecule has 6 heteroatoms. The molecule has 2 atom stereocenters. The Bertz CT molecular complexity index is 545. The molecule has 0 aromatic heterocycles. The average Bonchev–Trinajstić information content (AvgIpc) is 2.37. The number of rotatable bonds is 7. The summed E-state index contributed by atoms with van der Waals surface area (Å²) in [4.78, 5) is 0.200. The second-order valence-corrected chi connectivity index (χ2v) is 7.73. The Kier molecular flexibility index (Phi) is 6.64. The molecule has 0 bridgehead atoms. The molecule has 1 aromatic rings. The quantitative estimate of drug-likeness (QED) is 0.782. The summed E-state index contributed by atoms with van der Waals surface area (Å²) in [7, 11) is -3.55. The van der Waals surface area contributed by atoms with Crippen LogP contribution in [0.2, 0.25) is 0 Å². The van der Waals surface area contributed by atoms with Crippen molar-refractivity contribution in [3.63, 3.8) is 0 Å². The first-order chi connectivity index (χ1) is 9.30. The van der Waals surface area contributed by atoms with Crippen molar-refractivity contribution in [3.05, 3.63) is 28.2 Å². The first kappa shape index (κ1) is 17.6. The maximum Gasteiger partial charge on any atom is 0.241 e. The predicted octanol–water partition coefficient (Wildman–Crippen LogP) is 3.04. The Balaban J connectivity index is 2.88. The van der Waals surface area contributed by atoms with Crippen molar-refractivity contribution in [2.45, 2.75) is 51.2 Å². The predicted molar refractivity (Wildman–Crippen MR) is 83.9 cm³/mol. The molecule has 1 rings (SSSR count). The van der Waals surface area contributed by atoms with Crippen molar-refractivity contribution in [1.82, 2.24) is 4.72 Å². The zero-order valence-electron chi connectivity index (χ0n) is 12.1. The van der Waals surface area contributed by atoms with E-state index in [2.05, 4.69) is 34.5 Å². The Morgan fingerprint density at radius 1 is 1.35 bits per heavy atom. The second-order valence-electron chi connectivity index (χ2n) is 5.19. The van der Waals surface area contributed by atoms with E-state index in [4.69, 9.17) is 5.11 Å². The van der Waals surface area contributed by atoms with Crippen molar-refractivity contribution < 1.29 is 13.5 Å². The maximum atomic E-state index is 12.3. The molecular formula is C14H22BrNO3S. The van der Waals surface area contributed by atoms with Crippen LogP contribution in [0.3, 0.4) is 0 Å². The molecule has 0 radical (unpaired) electrons. The highest BCUT2D eigenvalue weighted by Gasteiger charge is 2.21. The first-order valence-electron chi connectivity index (χ1n) is 6.71. The number of benzene rings is 1. The molecule has 2 N–H and O–H groups in total. The van der Waals surface area contributed by atoms with Gasteiger partial charge < -0.3 is 5.11 Å². The minimum Gasteiger partial charge on any atom is -0.392 e. The third-order valence-electron chi connectivity index (χ3n) is 3.28. The fraction of sp³-hybridized carbons (Fsp3) is 0.571. The highest BCUT2D eigenvalue weighted by molar-refractivity contribution is 9.10. The van der Waals surface area contributed by atoms with Crippen molar-refractivity contribution in [2.75, 3.05) is 0 Å². The van der Waals surface area contributed by atoms with Crippen LogP contribution < -0.4 is 4.72 Å². The van der Waals surface area contributed by atoms with E-state index >= 15 is 0 Å². The van der Waals surface area contributed by atoms with Gasteiger partial charge >= 0.3 is 0 Å². The van der Waals surface area contributed by atoms with E-state index in [-0.39, 0.29) is 17.5 Å². The van der Waals surface area contributed by atoms with E-state index < -0.39 is 10.0 Å². The lowest BCUT2D eigenvalue weighted by molar-refractivity contribution is 0.281. The molecule has 0 aliphatic heterocycles. The van der Waals surface area contributed by atoms with E-state index in [1.54, 1.807) is 12.1 Å². The summed E-state index contributed by atoms with van der Waals surface area (Å²) in [5.74, 6) is 0.480. The molecule has 20 heavy (non-hydrogen) atoms. The number of hydrogen-bond donors (Lipinski definition) is 2. The molecule has 0 aliphatic rings. The summed E-state index contributed by atoms with van der Waals surface area (Å²) < 4.78 is 27.8. The number of halogens is 1. The van der Waals surface area contributed by atoms with Gasteiger partial charge in [-0.15, -0.1) is 0 Å². The maximum absolute atomic E-state index is 12.3. The summed E-state index contributed by atoms with van der Waals surface area (Å²) in [6.07, 6.45) is 1.84. The molecule has 2 unspecified atom stereocenters. The van der Waals surface area contributed by atoms with Crippen molar-refractivity contribution in [3.8, 4) is 0 Å². The van der Waals surface area contributed by atoms with Gasteiger partial charge in [-0.2, -0.15) is 0 Å². The SMILES string of the molecule is CCC(C)CC(C)NS(=O)(=O)c1ccc(CO)cc1Br. The minimum atomic E-state index is -3.55. The summed E-state index contributed by atoms with van der Waals surface area (Å²) in [5.41, 5.74) is 0.670. The molecule has 0 amide bonds. The number of aliphatic hydroxyl groups excluding tert-OH is 1. The van der Waals surface area contributed by atoms with Gasteiger partial charge in [0.15, 0.2) is 0 Å². The number of nitrogens with one attached hydrogen (secondary N) is 1. The summed E-state index contributed by atoms with van der Waals surface area (Å²) in [6, 6.07) is 4.62. The van der Waals surface area contributed by atoms with Gasteiger partial charge in [0.1, 0.15) is 0 Å². The van der Waals surface area contributed by atoms with Gasteiger partial charge in [0.05, 0.1) is 11.5 Å². The van der Waals surface area contributed by atoms with Gasteiger partial charge in [0.25, 0.3) is 0 Å². The highest BCUT2D eigenvalue weighted by Crippen LogP contribution is 2.24. The second kappa shape index (κ2) is 7.54. The van der Waals surface area contributed by atoms with Crippen LogP contribution in [0.15, 0.2) is 27.6 Å². The monoisotopic (exact) mass is 363 g/mol. The number of hydrogen-bond acceptors (Lipinski definition) is 3. The molecule has 0 saturated heterocycles. The minimum absolute atomic E-state index is 0.112. The van der Waals surface area contributed by atoms with Gasteiger partial charge in [-0.1, -0.05) is 26.3 Å². The van der Waals surface area contributed by atoms with Gasteiger partial charge in [0.2, 0.25) is 10.0 Å². The van der Waals surface area contributed by atoms with Crippen LogP contribution in [0.5, 0.6) is 0 Å². The fourth-order valence-electron chi connectivity index (χ4n) is 2.01. The Morgan fingerprint density at radius 3 is 2.50 bits per heavy atom. The zero-order chi connectivity index (χ0) is 15.3. The van der Waals surface area contributed by atoms with E-state index in [1.807, 2.05) is 6.92 Å². The summed E-state index contributed by atoms with van der Waals surface area (Å²) >= 11 is 3.25. The summed E-state index contributed by atoms with van der Waals surface area (Å²) in [6.45, 7) is 5.96. The molecule has 0 saturated carbocycles. The summed E-state index contributed by atoms with van der Waals surface area (Å²) in [5, 5.41) is 9.04. The van der Waals surface area contributed by atoms with Crippen molar-refractivity contribution >= 4 is 26.0 Å². The van der Waals surface area contributed by atoms with Gasteiger partial charge in [0, 0.05) is 10.5 Å². The molecule has 0 aliphatic carbocycles. The van der Waals surface area contributed by atoms with Crippen LogP contribution in [0.4, 0.5) is 0 Å². The molecule has 0 spiro atoms. The third kappa shape index (κ3) is 4.84. The van der Waals surface area contributed by atoms with Gasteiger partial charge in [-0.25, -0.2) is 13.1 Å². The van der Waals surface area contributed by atoms with Crippen LogP contribution in [-0.2, 0) is 16.6 Å². The number of aliphatic hydroxyl groups is 1. The largest absolute Gasteiger partial charge is 0.392 e. The smallest absolute Gasteiger partial charge is 0.241 e. The van der Waals surface area contributed by atoms with E-state index in [1.165, 1.54) is 6.07 Å². The first-order valence-corrected chi connectivity index (χ1v) is 8.99.